The van der Waals surface area contributed by atoms with E-state index in [1.54, 1.807) is 37.4 Å². The smallest absolute Gasteiger partial charge is 0.261 e. The molecule has 158 valence electrons. The number of carbonyl (C=O) groups is 1. The zero-order valence-corrected chi connectivity index (χ0v) is 17.5. The number of aliphatic hydroxyl groups is 1. The molecule has 31 heavy (non-hydrogen) atoms. The van der Waals surface area contributed by atoms with Gasteiger partial charge in [0, 0.05) is 22.8 Å². The van der Waals surface area contributed by atoms with Crippen molar-refractivity contribution in [2.24, 2.45) is 0 Å². The third-order valence-electron chi connectivity index (χ3n) is 6.24. The van der Waals surface area contributed by atoms with Crippen LogP contribution in [0.2, 0.25) is 0 Å². The summed E-state index contributed by atoms with van der Waals surface area (Å²) in [7, 11) is 1.60. The molecule has 0 aromatic heterocycles. The third kappa shape index (κ3) is 3.17. The number of rotatable bonds is 5. The summed E-state index contributed by atoms with van der Waals surface area (Å²) in [5.41, 5.74) is 0.626. The number of anilines is 1. The monoisotopic (exact) mass is 415 g/mol. The van der Waals surface area contributed by atoms with Crippen molar-refractivity contribution in [3.8, 4) is 11.5 Å². The van der Waals surface area contributed by atoms with Crippen LogP contribution in [0, 0.1) is 0 Å². The first-order chi connectivity index (χ1) is 15.1. The lowest BCUT2D eigenvalue weighted by molar-refractivity contribution is 0.0703. The van der Waals surface area contributed by atoms with Gasteiger partial charge in [-0.15, -0.1) is 0 Å². The van der Waals surface area contributed by atoms with Crippen molar-refractivity contribution >= 4 is 11.6 Å². The van der Waals surface area contributed by atoms with Gasteiger partial charge in [-0.1, -0.05) is 48.5 Å². The number of methoxy groups -OCH3 is 1. The summed E-state index contributed by atoms with van der Waals surface area (Å²) >= 11 is 0. The Hall–Kier alpha value is -3.31. The van der Waals surface area contributed by atoms with Gasteiger partial charge in [0.2, 0.25) is 0 Å². The molecule has 2 aliphatic rings. The summed E-state index contributed by atoms with van der Waals surface area (Å²) in [5.74, 6) is 0.952. The van der Waals surface area contributed by atoms with Crippen LogP contribution in [0.3, 0.4) is 0 Å². The topological polar surface area (TPSA) is 59.0 Å². The van der Waals surface area contributed by atoms with Gasteiger partial charge in [0.25, 0.3) is 5.91 Å². The second-order valence-corrected chi connectivity index (χ2v) is 8.08. The molecule has 1 unspecified atom stereocenters. The molecule has 0 saturated heterocycles. The van der Waals surface area contributed by atoms with Gasteiger partial charge in [0.05, 0.1) is 18.9 Å². The molecule has 1 aliphatic heterocycles. The second-order valence-electron chi connectivity index (χ2n) is 8.08. The quantitative estimate of drug-likeness (QED) is 0.646. The third-order valence-corrected chi connectivity index (χ3v) is 6.24. The molecule has 1 atom stereocenters. The molecule has 1 amide bonds. The summed E-state index contributed by atoms with van der Waals surface area (Å²) < 4.78 is 11.7. The average molecular weight is 415 g/mol. The summed E-state index contributed by atoms with van der Waals surface area (Å²) in [5, 5.41) is 12.0. The molecule has 1 fully saturated rings. The van der Waals surface area contributed by atoms with Gasteiger partial charge in [-0.3, -0.25) is 9.69 Å². The maximum atomic E-state index is 13.5. The van der Waals surface area contributed by atoms with Gasteiger partial charge < -0.3 is 14.6 Å². The van der Waals surface area contributed by atoms with Crippen molar-refractivity contribution in [1.82, 2.24) is 0 Å². The number of benzene rings is 3. The van der Waals surface area contributed by atoms with E-state index in [4.69, 9.17) is 9.47 Å². The predicted octanol–water partition coefficient (Wildman–Crippen LogP) is 4.87. The minimum absolute atomic E-state index is 0.142. The average Bonchev–Trinajstić information content (AvgIpc) is 3.40. The number of carbonyl (C=O) groups excluding carboxylic acids is 1. The number of hydrogen-bond donors (Lipinski definition) is 1. The fourth-order valence-corrected chi connectivity index (χ4v) is 4.70. The Morgan fingerprint density at radius 2 is 1.65 bits per heavy atom. The van der Waals surface area contributed by atoms with Crippen molar-refractivity contribution in [2.75, 3.05) is 12.0 Å². The van der Waals surface area contributed by atoms with E-state index < -0.39 is 5.72 Å². The van der Waals surface area contributed by atoms with E-state index in [9.17, 15) is 9.90 Å². The molecule has 3 aromatic carbocycles. The van der Waals surface area contributed by atoms with Crippen LogP contribution in [-0.4, -0.2) is 24.2 Å². The van der Waals surface area contributed by atoms with Crippen LogP contribution in [0.25, 0.3) is 0 Å². The van der Waals surface area contributed by atoms with Crippen molar-refractivity contribution in [3.05, 3.63) is 89.5 Å². The maximum absolute atomic E-state index is 13.5. The van der Waals surface area contributed by atoms with E-state index in [1.165, 1.54) is 4.90 Å². The van der Waals surface area contributed by atoms with E-state index in [1.807, 2.05) is 42.5 Å². The van der Waals surface area contributed by atoms with Crippen molar-refractivity contribution < 1.29 is 19.4 Å². The molecular formula is C26H25NO4. The summed E-state index contributed by atoms with van der Waals surface area (Å²) in [6, 6.07) is 21.9. The van der Waals surface area contributed by atoms with Crippen LogP contribution in [0.15, 0.2) is 72.8 Å². The van der Waals surface area contributed by atoms with Gasteiger partial charge in [0.15, 0.2) is 17.2 Å². The van der Waals surface area contributed by atoms with Crippen LogP contribution in [0.4, 0.5) is 5.69 Å². The van der Waals surface area contributed by atoms with Gasteiger partial charge in [-0.2, -0.15) is 0 Å². The first-order valence-corrected chi connectivity index (χ1v) is 10.7. The summed E-state index contributed by atoms with van der Waals surface area (Å²) in [6.45, 7) is 0. The Kier molecular flexibility index (Phi) is 4.91. The van der Waals surface area contributed by atoms with E-state index in [0.29, 0.717) is 33.9 Å². The van der Waals surface area contributed by atoms with Gasteiger partial charge in [-0.25, -0.2) is 0 Å². The van der Waals surface area contributed by atoms with Crippen LogP contribution >= 0.6 is 0 Å². The Bertz CT molecular complexity index is 1110. The van der Waals surface area contributed by atoms with E-state index in [-0.39, 0.29) is 12.0 Å². The molecule has 0 bridgehead atoms. The lowest BCUT2D eigenvalue weighted by Crippen LogP contribution is -2.45. The molecule has 1 aliphatic carbocycles. The fourth-order valence-electron chi connectivity index (χ4n) is 4.70. The lowest BCUT2D eigenvalue weighted by atomic mass is 9.93. The fraction of sp³-hybridized carbons (Fsp3) is 0.269. The number of fused-ring (bicyclic) bond motifs is 1. The van der Waals surface area contributed by atoms with Crippen LogP contribution in [0.5, 0.6) is 11.5 Å². The molecule has 0 spiro atoms. The molecule has 5 heteroatoms. The maximum Gasteiger partial charge on any atom is 0.261 e. The zero-order valence-electron chi connectivity index (χ0n) is 17.5. The lowest BCUT2D eigenvalue weighted by Gasteiger charge is -2.35. The normalized spacial score (nSPS) is 20.7. The standard InChI is InChI=1S/C26H25NO4/c1-30-23-16-15-19(17-24(23)31-20-11-5-6-12-20)27-25(28)21-13-7-8-14-22(21)26(27,29)18-9-3-2-4-10-18/h2-4,7-10,13-17,20,29H,5-6,11-12H2,1H3. The molecule has 1 N–H and O–H groups in total. The Morgan fingerprint density at radius 3 is 2.39 bits per heavy atom. The number of amides is 1. The molecule has 1 saturated carbocycles. The van der Waals surface area contributed by atoms with Crippen LogP contribution in [-0.2, 0) is 5.72 Å². The van der Waals surface area contributed by atoms with Gasteiger partial charge in [-0.05, 0) is 43.9 Å². The largest absolute Gasteiger partial charge is 0.493 e. The highest BCUT2D eigenvalue weighted by atomic mass is 16.5. The summed E-state index contributed by atoms with van der Waals surface area (Å²) in [6.07, 6.45) is 4.47. The van der Waals surface area contributed by atoms with Crippen LogP contribution < -0.4 is 14.4 Å². The summed E-state index contributed by atoms with van der Waals surface area (Å²) in [4.78, 5) is 14.9. The highest BCUT2D eigenvalue weighted by Crippen LogP contribution is 2.46. The molecule has 1 heterocycles. The Labute approximate surface area is 181 Å². The minimum Gasteiger partial charge on any atom is -0.493 e. The van der Waals surface area contributed by atoms with Crippen LogP contribution in [0.1, 0.15) is 47.2 Å². The zero-order chi connectivity index (χ0) is 21.4. The highest BCUT2D eigenvalue weighted by molar-refractivity contribution is 6.12. The molecule has 0 radical (unpaired) electrons. The molecular weight excluding hydrogens is 390 g/mol. The highest BCUT2D eigenvalue weighted by Gasteiger charge is 2.50. The molecule has 5 rings (SSSR count). The first kappa shape index (κ1) is 19.6. The van der Waals surface area contributed by atoms with Crippen molar-refractivity contribution in [3.63, 3.8) is 0 Å². The Morgan fingerprint density at radius 1 is 0.935 bits per heavy atom. The van der Waals surface area contributed by atoms with E-state index in [0.717, 1.165) is 25.7 Å². The SMILES string of the molecule is COc1ccc(N2C(=O)c3ccccc3C2(O)c2ccccc2)cc1OC1CCCC1. The predicted molar refractivity (Wildman–Crippen MR) is 119 cm³/mol. The number of ether oxygens (including phenoxy) is 2. The van der Waals surface area contributed by atoms with Crippen molar-refractivity contribution in [2.45, 2.75) is 37.5 Å². The van der Waals surface area contributed by atoms with Crippen molar-refractivity contribution in [1.29, 1.82) is 0 Å². The molecule has 5 nitrogen and oxygen atoms in total. The number of hydrogen-bond acceptors (Lipinski definition) is 4. The number of nitrogens with zero attached hydrogens (tertiary/aromatic N) is 1. The minimum atomic E-state index is -1.62. The van der Waals surface area contributed by atoms with E-state index in [2.05, 4.69) is 0 Å². The van der Waals surface area contributed by atoms with E-state index >= 15 is 0 Å². The second kappa shape index (κ2) is 7.75. The van der Waals surface area contributed by atoms with Gasteiger partial charge >= 0.3 is 0 Å². The first-order valence-electron chi connectivity index (χ1n) is 10.7. The van der Waals surface area contributed by atoms with Gasteiger partial charge in [0.1, 0.15) is 0 Å². The molecule has 3 aromatic rings. The Balaban J connectivity index is 1.64.